The first kappa shape index (κ1) is 18.0. The van der Waals surface area contributed by atoms with Crippen LogP contribution in [0.15, 0.2) is 30.7 Å². The number of imidazole rings is 1. The molecule has 1 N–H and O–H groups in total. The van der Waals surface area contributed by atoms with Crippen molar-refractivity contribution in [3.05, 3.63) is 42.1 Å². The van der Waals surface area contributed by atoms with E-state index in [0.29, 0.717) is 5.56 Å². The van der Waals surface area contributed by atoms with E-state index in [-0.39, 0.29) is 11.8 Å². The van der Waals surface area contributed by atoms with Crippen molar-refractivity contribution in [3.8, 4) is 0 Å². The molecule has 1 amide bonds. The highest BCUT2D eigenvalue weighted by atomic mass is 16.3. The van der Waals surface area contributed by atoms with Crippen LogP contribution < -0.4 is 4.90 Å². The summed E-state index contributed by atoms with van der Waals surface area (Å²) in [5.74, 6) is 1.75. The maximum absolute atomic E-state index is 12.9. The third-order valence-corrected chi connectivity index (χ3v) is 5.82. The van der Waals surface area contributed by atoms with Crippen LogP contribution in [-0.4, -0.2) is 56.6 Å². The van der Waals surface area contributed by atoms with Crippen molar-refractivity contribution in [2.24, 2.45) is 13.0 Å². The quantitative estimate of drug-likeness (QED) is 0.892. The zero-order valence-electron chi connectivity index (χ0n) is 15.8. The van der Waals surface area contributed by atoms with Crippen LogP contribution in [0, 0.1) is 5.92 Å². The Balaban J connectivity index is 1.45. The molecule has 2 aromatic heterocycles. The number of aliphatic hydroxyl groups excluding tert-OH is 1. The number of anilines is 1. The lowest BCUT2D eigenvalue weighted by atomic mass is 9.90. The summed E-state index contributed by atoms with van der Waals surface area (Å²) in [6, 6.07) is 3.72. The fourth-order valence-corrected chi connectivity index (χ4v) is 4.21. The predicted octanol–water partition coefficient (Wildman–Crippen LogP) is 2.00. The van der Waals surface area contributed by atoms with E-state index in [2.05, 4.69) is 14.9 Å². The van der Waals surface area contributed by atoms with Crippen molar-refractivity contribution in [1.29, 1.82) is 0 Å². The number of hydrogen-bond donors (Lipinski definition) is 1. The first-order valence-corrected chi connectivity index (χ1v) is 9.79. The van der Waals surface area contributed by atoms with Gasteiger partial charge in [-0.15, -0.1) is 0 Å². The van der Waals surface area contributed by atoms with Gasteiger partial charge >= 0.3 is 0 Å². The minimum Gasteiger partial charge on any atom is -0.385 e. The number of carbonyl (C=O) groups is 1. The van der Waals surface area contributed by atoms with E-state index in [1.165, 1.54) is 0 Å². The monoisotopic (exact) mass is 369 g/mol. The molecule has 1 unspecified atom stereocenters. The van der Waals surface area contributed by atoms with E-state index in [1.807, 2.05) is 34.8 Å². The topological polar surface area (TPSA) is 74.5 Å². The summed E-state index contributed by atoms with van der Waals surface area (Å²) in [6.45, 7) is 3.24. The first-order valence-electron chi connectivity index (χ1n) is 9.79. The van der Waals surface area contributed by atoms with E-state index >= 15 is 0 Å². The zero-order valence-corrected chi connectivity index (χ0v) is 15.8. The number of aromatic nitrogens is 3. The van der Waals surface area contributed by atoms with Crippen molar-refractivity contribution in [2.45, 2.75) is 31.8 Å². The van der Waals surface area contributed by atoms with Crippen molar-refractivity contribution in [2.75, 3.05) is 31.1 Å². The predicted molar refractivity (Wildman–Crippen MR) is 102 cm³/mol. The highest BCUT2D eigenvalue weighted by molar-refractivity contribution is 5.99. The van der Waals surface area contributed by atoms with Crippen molar-refractivity contribution in [3.63, 3.8) is 0 Å². The van der Waals surface area contributed by atoms with E-state index in [9.17, 15) is 9.90 Å². The molecule has 7 nitrogen and oxygen atoms in total. The van der Waals surface area contributed by atoms with Crippen LogP contribution in [0.1, 0.15) is 48.0 Å². The number of aryl methyl sites for hydroxylation is 1. The van der Waals surface area contributed by atoms with Crippen LogP contribution in [0.25, 0.3) is 0 Å². The van der Waals surface area contributed by atoms with Gasteiger partial charge in [0, 0.05) is 51.8 Å². The highest BCUT2D eigenvalue weighted by Crippen LogP contribution is 2.32. The van der Waals surface area contributed by atoms with Crippen molar-refractivity contribution >= 4 is 11.7 Å². The van der Waals surface area contributed by atoms with Gasteiger partial charge < -0.3 is 19.5 Å². The number of aliphatic hydroxyl groups is 1. The van der Waals surface area contributed by atoms with E-state index in [1.54, 1.807) is 12.4 Å². The largest absolute Gasteiger partial charge is 0.385 e. The van der Waals surface area contributed by atoms with Gasteiger partial charge in [-0.3, -0.25) is 4.79 Å². The average Bonchev–Trinajstić information content (AvgIpc) is 3.39. The Morgan fingerprint density at radius 2 is 1.89 bits per heavy atom. The van der Waals surface area contributed by atoms with E-state index < -0.39 is 6.10 Å². The third-order valence-electron chi connectivity index (χ3n) is 5.82. The summed E-state index contributed by atoms with van der Waals surface area (Å²) in [7, 11) is 1.91. The van der Waals surface area contributed by atoms with E-state index in [4.69, 9.17) is 0 Å². The second-order valence-corrected chi connectivity index (χ2v) is 7.54. The highest BCUT2D eigenvalue weighted by Gasteiger charge is 2.31. The Morgan fingerprint density at radius 3 is 2.56 bits per heavy atom. The molecule has 0 radical (unpaired) electrons. The summed E-state index contributed by atoms with van der Waals surface area (Å²) in [4.78, 5) is 25.8. The number of nitrogens with zero attached hydrogens (tertiary/aromatic N) is 5. The van der Waals surface area contributed by atoms with Crippen LogP contribution in [0.5, 0.6) is 0 Å². The summed E-state index contributed by atoms with van der Waals surface area (Å²) in [5, 5.41) is 10.7. The molecule has 1 atom stereocenters. The molecule has 2 aliphatic rings. The number of amides is 1. The number of pyridine rings is 1. The molecule has 0 bridgehead atoms. The zero-order chi connectivity index (χ0) is 18.8. The Hall–Kier alpha value is -2.41. The minimum absolute atomic E-state index is 0.0887. The van der Waals surface area contributed by atoms with Gasteiger partial charge in [0.25, 0.3) is 5.91 Å². The Kier molecular flexibility index (Phi) is 5.11. The van der Waals surface area contributed by atoms with Gasteiger partial charge in [0.15, 0.2) is 0 Å². The molecule has 4 rings (SSSR count). The molecule has 144 valence electrons. The smallest absolute Gasteiger partial charge is 0.257 e. The SMILES string of the molecule is Cn1ccnc1C(O)C1CCN(c2ncccc2C(=O)N2CCCC2)CC1. The van der Waals surface area contributed by atoms with Gasteiger partial charge in [-0.2, -0.15) is 0 Å². The standard InChI is InChI=1S/C20H27N5O2/c1-23-14-9-22-19(23)17(26)15-6-12-24(13-7-15)18-16(5-4-8-21-18)20(27)25-10-2-3-11-25/h4-5,8-9,14-15,17,26H,2-3,6-7,10-13H2,1H3. The van der Waals surface area contributed by atoms with Gasteiger partial charge in [-0.25, -0.2) is 9.97 Å². The van der Waals surface area contributed by atoms with Crippen LogP contribution >= 0.6 is 0 Å². The second-order valence-electron chi connectivity index (χ2n) is 7.54. The van der Waals surface area contributed by atoms with Crippen LogP contribution in [0.2, 0.25) is 0 Å². The lowest BCUT2D eigenvalue weighted by Crippen LogP contribution is -2.38. The fourth-order valence-electron chi connectivity index (χ4n) is 4.21. The second kappa shape index (κ2) is 7.68. The molecule has 2 fully saturated rings. The fraction of sp³-hybridized carbons (Fsp3) is 0.550. The van der Waals surface area contributed by atoms with Gasteiger partial charge in [-0.05, 0) is 43.7 Å². The number of rotatable bonds is 4. The van der Waals surface area contributed by atoms with Crippen LogP contribution in [-0.2, 0) is 7.05 Å². The van der Waals surface area contributed by atoms with Gasteiger partial charge in [0.05, 0.1) is 5.56 Å². The molecule has 2 aliphatic heterocycles. The normalized spacial score (nSPS) is 19.5. The molecule has 0 spiro atoms. The maximum atomic E-state index is 12.9. The maximum Gasteiger partial charge on any atom is 0.257 e. The third kappa shape index (κ3) is 3.56. The van der Waals surface area contributed by atoms with Gasteiger partial charge in [0.1, 0.15) is 17.7 Å². The Morgan fingerprint density at radius 1 is 1.15 bits per heavy atom. The average molecular weight is 369 g/mol. The number of carbonyl (C=O) groups excluding carboxylic acids is 1. The summed E-state index contributed by atoms with van der Waals surface area (Å²) >= 11 is 0. The van der Waals surface area contributed by atoms with Crippen molar-refractivity contribution < 1.29 is 9.90 Å². The van der Waals surface area contributed by atoms with Crippen molar-refractivity contribution in [1.82, 2.24) is 19.4 Å². The van der Waals surface area contributed by atoms with Crippen LogP contribution in [0.3, 0.4) is 0 Å². The van der Waals surface area contributed by atoms with Crippen LogP contribution in [0.4, 0.5) is 5.82 Å². The minimum atomic E-state index is -0.554. The molecule has 2 aromatic rings. The molecule has 0 saturated carbocycles. The molecule has 0 aromatic carbocycles. The van der Waals surface area contributed by atoms with E-state index in [0.717, 1.165) is 63.5 Å². The number of likely N-dealkylation sites (tertiary alicyclic amines) is 1. The summed E-state index contributed by atoms with van der Waals surface area (Å²) in [5.41, 5.74) is 0.697. The lowest BCUT2D eigenvalue weighted by molar-refractivity contribution is 0.0786. The first-order chi connectivity index (χ1) is 13.1. The van der Waals surface area contributed by atoms with Gasteiger partial charge in [-0.1, -0.05) is 0 Å². The molecule has 27 heavy (non-hydrogen) atoms. The Bertz CT molecular complexity index is 791. The molecule has 4 heterocycles. The number of piperidine rings is 1. The van der Waals surface area contributed by atoms with Gasteiger partial charge in [0.2, 0.25) is 0 Å². The lowest BCUT2D eigenvalue weighted by Gasteiger charge is -2.35. The molecular formula is C20H27N5O2. The molecule has 2 saturated heterocycles. The molecule has 7 heteroatoms. The Labute approximate surface area is 159 Å². The summed E-state index contributed by atoms with van der Waals surface area (Å²) in [6.07, 6.45) is 8.64. The molecular weight excluding hydrogens is 342 g/mol. The molecule has 0 aliphatic carbocycles. The number of hydrogen-bond acceptors (Lipinski definition) is 5. The summed E-state index contributed by atoms with van der Waals surface area (Å²) < 4.78 is 1.88.